The molecule has 0 amide bonds. The van der Waals surface area contributed by atoms with E-state index in [1.165, 1.54) is 12.8 Å². The highest BCUT2D eigenvalue weighted by molar-refractivity contribution is 5.66. The molecule has 90 valence electrons. The van der Waals surface area contributed by atoms with E-state index in [1.54, 1.807) is 0 Å². The van der Waals surface area contributed by atoms with E-state index < -0.39 is 5.97 Å². The molecule has 15 heavy (non-hydrogen) atoms. The monoisotopic (exact) mass is 216 g/mol. The molecule has 0 aliphatic carbocycles. The minimum absolute atomic E-state index is 0.179. The molecule has 0 saturated heterocycles. The van der Waals surface area contributed by atoms with Crippen LogP contribution in [0.1, 0.15) is 64.7 Å². The van der Waals surface area contributed by atoms with Crippen molar-refractivity contribution >= 4 is 5.97 Å². The third kappa shape index (κ3) is 11.4. The molecule has 3 heteroatoms. The van der Waals surface area contributed by atoms with Crippen molar-refractivity contribution in [3.63, 3.8) is 0 Å². The van der Waals surface area contributed by atoms with Gasteiger partial charge in [-0.25, -0.2) is 0 Å². The zero-order valence-corrected chi connectivity index (χ0v) is 9.74. The van der Waals surface area contributed by atoms with Gasteiger partial charge in [0.05, 0.1) is 6.10 Å². The van der Waals surface area contributed by atoms with Gasteiger partial charge in [-0.05, 0) is 19.3 Å². The Morgan fingerprint density at radius 3 is 2.20 bits per heavy atom. The summed E-state index contributed by atoms with van der Waals surface area (Å²) in [5.74, 6) is -0.724. The number of hydrogen-bond acceptors (Lipinski definition) is 2. The van der Waals surface area contributed by atoms with Gasteiger partial charge < -0.3 is 10.2 Å². The van der Waals surface area contributed by atoms with Gasteiger partial charge in [0, 0.05) is 6.42 Å². The zero-order chi connectivity index (χ0) is 11.5. The van der Waals surface area contributed by atoms with E-state index >= 15 is 0 Å². The lowest BCUT2D eigenvalue weighted by molar-refractivity contribution is -0.137. The second-order valence-corrected chi connectivity index (χ2v) is 4.14. The van der Waals surface area contributed by atoms with Gasteiger partial charge in [-0.1, -0.05) is 39.0 Å². The molecule has 3 nitrogen and oxygen atoms in total. The molecule has 0 fully saturated rings. The van der Waals surface area contributed by atoms with E-state index in [-0.39, 0.29) is 12.5 Å². The molecule has 0 aliphatic heterocycles. The fourth-order valence-corrected chi connectivity index (χ4v) is 1.61. The van der Waals surface area contributed by atoms with Gasteiger partial charge in [-0.3, -0.25) is 4.79 Å². The van der Waals surface area contributed by atoms with Crippen molar-refractivity contribution < 1.29 is 15.0 Å². The smallest absolute Gasteiger partial charge is 0.303 e. The maximum absolute atomic E-state index is 10.2. The molecule has 0 aromatic carbocycles. The molecule has 0 bridgehead atoms. The fraction of sp³-hybridized carbons (Fsp3) is 0.917. The molecular formula is C12H24O3. The molecule has 0 aliphatic rings. The van der Waals surface area contributed by atoms with Crippen LogP contribution in [-0.4, -0.2) is 22.3 Å². The number of carbonyl (C=O) groups is 1. The van der Waals surface area contributed by atoms with Crippen LogP contribution in [0.4, 0.5) is 0 Å². The highest BCUT2D eigenvalue weighted by Crippen LogP contribution is 2.11. The van der Waals surface area contributed by atoms with E-state index in [1.807, 2.05) is 0 Å². The first-order chi connectivity index (χ1) is 7.16. The van der Waals surface area contributed by atoms with Gasteiger partial charge in [0.15, 0.2) is 0 Å². The predicted molar refractivity (Wildman–Crippen MR) is 60.9 cm³/mol. The molecule has 1 atom stereocenters. The van der Waals surface area contributed by atoms with Crippen LogP contribution in [0, 0.1) is 0 Å². The van der Waals surface area contributed by atoms with Gasteiger partial charge >= 0.3 is 5.97 Å². The summed E-state index contributed by atoms with van der Waals surface area (Å²) in [4.78, 5) is 10.2. The van der Waals surface area contributed by atoms with Crippen molar-refractivity contribution in [1.82, 2.24) is 0 Å². The van der Waals surface area contributed by atoms with Gasteiger partial charge in [0.2, 0.25) is 0 Å². The Morgan fingerprint density at radius 2 is 1.67 bits per heavy atom. The van der Waals surface area contributed by atoms with Gasteiger partial charge in [0.1, 0.15) is 0 Å². The Morgan fingerprint density at radius 1 is 1.07 bits per heavy atom. The van der Waals surface area contributed by atoms with Crippen LogP contribution in [-0.2, 0) is 4.79 Å². The number of hydrogen-bond donors (Lipinski definition) is 2. The van der Waals surface area contributed by atoms with Gasteiger partial charge in [-0.2, -0.15) is 0 Å². The number of rotatable bonds is 10. The number of carboxylic acid groups (broad SMARTS) is 1. The van der Waals surface area contributed by atoms with Gasteiger partial charge in [0.25, 0.3) is 0 Å². The van der Waals surface area contributed by atoms with Gasteiger partial charge in [-0.15, -0.1) is 0 Å². The lowest BCUT2D eigenvalue weighted by atomic mass is 10.0. The number of carboxylic acids is 1. The predicted octanol–water partition coefficient (Wildman–Crippen LogP) is 2.96. The van der Waals surface area contributed by atoms with Crippen molar-refractivity contribution in [3.8, 4) is 0 Å². The summed E-state index contributed by atoms with van der Waals surface area (Å²) in [7, 11) is 0. The van der Waals surface area contributed by atoms with Crippen molar-refractivity contribution in [2.45, 2.75) is 70.8 Å². The molecule has 0 saturated carbocycles. The highest BCUT2D eigenvalue weighted by atomic mass is 16.4. The van der Waals surface area contributed by atoms with Crippen molar-refractivity contribution in [1.29, 1.82) is 0 Å². The lowest BCUT2D eigenvalue weighted by Gasteiger charge is -2.09. The summed E-state index contributed by atoms with van der Waals surface area (Å²) in [5, 5.41) is 18.0. The molecule has 0 heterocycles. The lowest BCUT2D eigenvalue weighted by Crippen LogP contribution is -2.06. The summed E-state index contributed by atoms with van der Waals surface area (Å²) in [6.45, 7) is 2.15. The molecule has 1 unspecified atom stereocenters. The van der Waals surface area contributed by atoms with Crippen molar-refractivity contribution in [2.75, 3.05) is 0 Å². The number of aliphatic hydroxyl groups excluding tert-OH is 1. The maximum atomic E-state index is 10.2. The molecule has 0 spiro atoms. The molecule has 0 radical (unpaired) electrons. The van der Waals surface area contributed by atoms with E-state index in [0.717, 1.165) is 38.5 Å². The normalized spacial score (nSPS) is 12.7. The number of aliphatic hydroxyl groups is 1. The Bertz CT molecular complexity index is 157. The van der Waals surface area contributed by atoms with E-state index in [9.17, 15) is 9.90 Å². The van der Waals surface area contributed by atoms with Crippen LogP contribution in [0.25, 0.3) is 0 Å². The van der Waals surface area contributed by atoms with Crippen LogP contribution in [0.2, 0.25) is 0 Å². The standard InChI is InChI=1S/C12H24O3/c1-2-3-5-8-11(13)9-6-4-7-10-12(14)15/h11,13H,2-10H2,1H3,(H,14,15). The van der Waals surface area contributed by atoms with Crippen LogP contribution in [0.5, 0.6) is 0 Å². The first-order valence-electron chi connectivity index (χ1n) is 6.06. The first-order valence-corrected chi connectivity index (χ1v) is 6.06. The minimum atomic E-state index is -0.724. The summed E-state index contributed by atoms with van der Waals surface area (Å²) in [6, 6.07) is 0. The summed E-state index contributed by atoms with van der Waals surface area (Å²) in [6.07, 6.45) is 7.87. The van der Waals surface area contributed by atoms with Crippen molar-refractivity contribution in [2.24, 2.45) is 0 Å². The average Bonchev–Trinajstić information content (AvgIpc) is 2.17. The molecular weight excluding hydrogens is 192 g/mol. The second-order valence-electron chi connectivity index (χ2n) is 4.14. The fourth-order valence-electron chi connectivity index (χ4n) is 1.61. The zero-order valence-electron chi connectivity index (χ0n) is 9.74. The Labute approximate surface area is 92.5 Å². The summed E-state index contributed by atoms with van der Waals surface area (Å²) >= 11 is 0. The Kier molecular flexibility index (Phi) is 9.59. The topological polar surface area (TPSA) is 57.5 Å². The first kappa shape index (κ1) is 14.4. The van der Waals surface area contributed by atoms with Crippen LogP contribution in [0.3, 0.4) is 0 Å². The minimum Gasteiger partial charge on any atom is -0.481 e. The molecule has 2 N–H and O–H groups in total. The largest absolute Gasteiger partial charge is 0.481 e. The van der Waals surface area contributed by atoms with E-state index in [4.69, 9.17) is 5.11 Å². The van der Waals surface area contributed by atoms with Crippen LogP contribution < -0.4 is 0 Å². The Balaban J connectivity index is 3.16. The number of aliphatic carboxylic acids is 1. The van der Waals surface area contributed by atoms with E-state index in [0.29, 0.717) is 0 Å². The van der Waals surface area contributed by atoms with Crippen molar-refractivity contribution in [3.05, 3.63) is 0 Å². The summed E-state index contributed by atoms with van der Waals surface area (Å²) in [5.41, 5.74) is 0. The average molecular weight is 216 g/mol. The van der Waals surface area contributed by atoms with Crippen LogP contribution >= 0.6 is 0 Å². The quantitative estimate of drug-likeness (QED) is 0.552. The van der Waals surface area contributed by atoms with E-state index in [2.05, 4.69) is 6.92 Å². The SMILES string of the molecule is CCCCCC(O)CCCCCC(=O)O. The molecule has 0 aromatic rings. The molecule has 0 rings (SSSR count). The van der Waals surface area contributed by atoms with Crippen LogP contribution in [0.15, 0.2) is 0 Å². The number of unbranched alkanes of at least 4 members (excludes halogenated alkanes) is 4. The summed E-state index contributed by atoms with van der Waals surface area (Å²) < 4.78 is 0. The Hall–Kier alpha value is -0.570. The maximum Gasteiger partial charge on any atom is 0.303 e. The molecule has 0 aromatic heterocycles. The third-order valence-electron chi connectivity index (χ3n) is 2.57. The third-order valence-corrected chi connectivity index (χ3v) is 2.57. The second kappa shape index (κ2) is 9.97. The highest BCUT2D eigenvalue weighted by Gasteiger charge is 2.03.